The molecule has 0 aliphatic rings. The Morgan fingerprint density at radius 2 is 0.886 bits per heavy atom. The van der Waals surface area contributed by atoms with E-state index in [0.29, 0.717) is 0 Å². The topological polar surface area (TPSA) is 0 Å². The SMILES string of the molecule is Cc1cc2ccc([Si](C)(C)C)cc2[cH-]1.Cc1cc2ccc([Si](C)(C)C)cc2[cH-]1.[Cl][Zr]([Cl])=[Si](c1ccccc1)c1ccccc1. The zero-order valence-electron chi connectivity index (χ0n) is 27.3. The van der Waals surface area contributed by atoms with Crippen LogP contribution in [0.25, 0.3) is 21.5 Å². The van der Waals surface area contributed by atoms with Crippen molar-refractivity contribution in [3.63, 3.8) is 0 Å². The van der Waals surface area contributed by atoms with Crippen LogP contribution in [-0.2, 0) is 18.0 Å². The molecule has 0 unspecified atom stereocenters. The first-order valence-electron chi connectivity index (χ1n) is 15.2. The van der Waals surface area contributed by atoms with Gasteiger partial charge in [0, 0.05) is 0 Å². The van der Waals surface area contributed by atoms with Crippen molar-refractivity contribution in [2.75, 3.05) is 0 Å². The van der Waals surface area contributed by atoms with E-state index in [1.54, 1.807) is 10.4 Å². The second-order valence-corrected chi connectivity index (χ2v) is 43.0. The van der Waals surface area contributed by atoms with Crippen molar-refractivity contribution in [3.05, 3.63) is 132 Å². The standard InChI is InChI=1S/2C13H17Si.C12H10Si.2ClH.Zr/c2*1-10-7-11-5-6-13(14(2,3)4)9-12(11)8-10;1-3-7-11(8-4-1)13-12-9-5-2-6-10-12;;;/h2*5-9H,1-4H3;1-10H;2*1H;/q2*-1;;;;+2/p-2. The molecule has 0 atom stereocenters. The van der Waals surface area contributed by atoms with Crippen LogP contribution in [0.15, 0.2) is 121 Å². The number of rotatable bonds is 4. The molecule has 0 aromatic heterocycles. The summed E-state index contributed by atoms with van der Waals surface area (Å²) in [6.07, 6.45) is 0. The predicted molar refractivity (Wildman–Crippen MR) is 204 cm³/mol. The van der Waals surface area contributed by atoms with Crippen molar-refractivity contribution in [2.45, 2.75) is 53.1 Å². The van der Waals surface area contributed by atoms with E-state index < -0.39 is 39.6 Å². The number of benzene rings is 4. The molecule has 6 rings (SSSR count). The molecule has 6 aromatic carbocycles. The van der Waals surface area contributed by atoms with Crippen LogP contribution in [0, 0.1) is 13.8 Å². The zero-order valence-corrected chi connectivity index (χ0v) is 34.3. The van der Waals surface area contributed by atoms with Gasteiger partial charge in [-0.1, -0.05) is 65.3 Å². The van der Waals surface area contributed by atoms with Crippen LogP contribution in [0.1, 0.15) is 11.1 Å². The van der Waals surface area contributed by atoms with Gasteiger partial charge in [0.15, 0.2) is 0 Å². The summed E-state index contributed by atoms with van der Waals surface area (Å²) in [5.74, 6) is 0. The summed E-state index contributed by atoms with van der Waals surface area (Å²) in [6.45, 7) is 18.7. The molecule has 6 heteroatoms. The molecule has 0 fully saturated rings. The summed E-state index contributed by atoms with van der Waals surface area (Å²) >= 11 is -2.26. The van der Waals surface area contributed by atoms with Gasteiger partial charge < -0.3 is 0 Å². The molecular weight excluding hydrogens is 703 g/mol. The first-order valence-corrected chi connectivity index (χ1v) is 33.8. The Hall–Kier alpha value is -1.79. The third-order valence-corrected chi connectivity index (χ3v) is 27.8. The molecule has 0 saturated heterocycles. The molecule has 0 aliphatic heterocycles. The zero-order chi connectivity index (χ0) is 32.1. The van der Waals surface area contributed by atoms with Crippen LogP contribution < -0.4 is 20.7 Å². The number of hydrogen-bond acceptors (Lipinski definition) is 0. The predicted octanol–water partition coefficient (Wildman–Crippen LogP) is 9.54. The van der Waals surface area contributed by atoms with Gasteiger partial charge in [-0.15, -0.1) is 68.7 Å². The van der Waals surface area contributed by atoms with Crippen molar-refractivity contribution >= 4 is 80.9 Å². The molecule has 0 radical (unpaired) electrons. The molecule has 44 heavy (non-hydrogen) atoms. The summed E-state index contributed by atoms with van der Waals surface area (Å²) in [5.41, 5.74) is 1.85. The van der Waals surface area contributed by atoms with E-state index in [9.17, 15) is 0 Å². The molecule has 0 bridgehead atoms. The molecule has 0 heterocycles. The Labute approximate surface area is 282 Å². The summed E-state index contributed by atoms with van der Waals surface area (Å²) < 4.78 is 0. The minimum atomic E-state index is -2.26. The molecule has 0 amide bonds. The normalized spacial score (nSPS) is 11.4. The van der Waals surface area contributed by atoms with Crippen molar-refractivity contribution in [3.8, 4) is 0 Å². The van der Waals surface area contributed by atoms with E-state index >= 15 is 0 Å². The van der Waals surface area contributed by atoms with Gasteiger partial charge in [0.05, 0.1) is 16.1 Å². The quantitative estimate of drug-likeness (QED) is 0.125. The van der Waals surface area contributed by atoms with E-state index in [2.05, 4.69) is 162 Å². The van der Waals surface area contributed by atoms with E-state index in [-0.39, 0.29) is 0 Å². The molecule has 0 nitrogen and oxygen atoms in total. The summed E-state index contributed by atoms with van der Waals surface area (Å²) in [5, 5.41) is 11.3. The van der Waals surface area contributed by atoms with Crippen molar-refractivity contribution in [1.29, 1.82) is 0 Å². The average molecular weight is 747 g/mol. The molecule has 228 valence electrons. The van der Waals surface area contributed by atoms with Gasteiger partial charge in [-0.3, -0.25) is 0 Å². The summed E-state index contributed by atoms with van der Waals surface area (Å²) in [6, 6.07) is 43.8. The second kappa shape index (κ2) is 15.2. The van der Waals surface area contributed by atoms with E-state index in [1.807, 2.05) is 12.1 Å². The van der Waals surface area contributed by atoms with Gasteiger partial charge in [0.25, 0.3) is 0 Å². The van der Waals surface area contributed by atoms with E-state index in [4.69, 9.17) is 17.0 Å². The van der Waals surface area contributed by atoms with E-state index in [0.717, 1.165) is 0 Å². The first kappa shape index (κ1) is 35.1. The van der Waals surface area contributed by atoms with Gasteiger partial charge in [0.1, 0.15) is 0 Å². The number of fused-ring (bicyclic) bond motifs is 2. The molecule has 0 saturated carbocycles. The number of aryl methyl sites for hydroxylation is 2. The third-order valence-electron chi connectivity index (χ3n) is 7.75. The Kier molecular flexibility index (Phi) is 12.1. The maximum absolute atomic E-state index is 6.32. The Bertz CT molecular complexity index is 1720. The van der Waals surface area contributed by atoms with Crippen LogP contribution in [0.2, 0.25) is 39.3 Å². The fourth-order valence-electron chi connectivity index (χ4n) is 5.25. The van der Waals surface area contributed by atoms with Crippen molar-refractivity contribution in [1.82, 2.24) is 0 Å². The maximum atomic E-state index is 6.32. The second-order valence-electron chi connectivity index (χ2n) is 13.6. The van der Waals surface area contributed by atoms with Crippen molar-refractivity contribution < 1.29 is 18.0 Å². The molecule has 0 aliphatic carbocycles. The molecule has 0 spiro atoms. The number of hydrogen-bond donors (Lipinski definition) is 0. The van der Waals surface area contributed by atoms with Gasteiger partial charge in [-0.05, 0) is 0 Å². The Morgan fingerprint density at radius 1 is 0.523 bits per heavy atom. The fraction of sp³-hybridized carbons (Fsp3) is 0.211. The summed E-state index contributed by atoms with van der Waals surface area (Å²) in [4.78, 5) is 0. The van der Waals surface area contributed by atoms with Crippen LogP contribution in [-0.4, -0.2) is 21.6 Å². The van der Waals surface area contributed by atoms with Crippen LogP contribution in [0.5, 0.6) is 0 Å². The molecular formula is C38H44Cl2Si3Zr-2. The summed E-state index contributed by atoms with van der Waals surface area (Å²) in [7, 11) is 10.4. The first-order chi connectivity index (χ1) is 20.7. The fourth-order valence-corrected chi connectivity index (χ4v) is 22.8. The van der Waals surface area contributed by atoms with Gasteiger partial charge in [0.2, 0.25) is 0 Å². The monoisotopic (exact) mass is 744 g/mol. The third kappa shape index (κ3) is 9.61. The molecule has 0 N–H and O–H groups in total. The minimum absolute atomic E-state index is 0.889. The van der Waals surface area contributed by atoms with E-state index in [1.165, 1.54) is 43.0 Å². The van der Waals surface area contributed by atoms with Gasteiger partial charge >= 0.3 is 111 Å². The van der Waals surface area contributed by atoms with Crippen LogP contribution in [0.3, 0.4) is 0 Å². The molecule has 6 aromatic rings. The average Bonchev–Trinajstić information content (AvgIpc) is 3.53. The Balaban J connectivity index is 0.000000151. The van der Waals surface area contributed by atoms with Crippen LogP contribution in [0.4, 0.5) is 0 Å². The number of halogens is 2. The van der Waals surface area contributed by atoms with Crippen LogP contribution >= 0.6 is 17.0 Å². The van der Waals surface area contributed by atoms with Gasteiger partial charge in [-0.25, -0.2) is 0 Å². The van der Waals surface area contributed by atoms with Crippen molar-refractivity contribution in [2.24, 2.45) is 0 Å². The Morgan fingerprint density at radius 3 is 1.20 bits per heavy atom. The van der Waals surface area contributed by atoms with Gasteiger partial charge in [-0.2, -0.15) is 22.9 Å².